The highest BCUT2D eigenvalue weighted by molar-refractivity contribution is 5.97. The molecule has 1 fully saturated rings. The van der Waals surface area contributed by atoms with Crippen molar-refractivity contribution in [2.45, 2.75) is 59.3 Å². The monoisotopic (exact) mass is 314 g/mol. The number of methoxy groups -OCH3 is 1. The molecule has 1 unspecified atom stereocenters. The van der Waals surface area contributed by atoms with E-state index in [2.05, 4.69) is 39.0 Å². The molecule has 1 aromatic carbocycles. The number of aryl methyl sites for hydroxylation is 1. The molecule has 1 aromatic rings. The third-order valence-corrected chi connectivity index (χ3v) is 5.40. The van der Waals surface area contributed by atoms with Gasteiger partial charge in [0.25, 0.3) is 0 Å². The van der Waals surface area contributed by atoms with Crippen LogP contribution in [0.25, 0.3) is 0 Å². The van der Waals surface area contributed by atoms with Gasteiger partial charge in [-0.15, -0.1) is 0 Å². The van der Waals surface area contributed by atoms with Gasteiger partial charge in [0.2, 0.25) is 0 Å². The van der Waals surface area contributed by atoms with Gasteiger partial charge in [0.15, 0.2) is 5.78 Å². The van der Waals surface area contributed by atoms with Gasteiger partial charge in [0.1, 0.15) is 5.75 Å². The molecule has 2 aliphatic carbocycles. The first-order valence-electron chi connectivity index (χ1n) is 8.78. The largest absolute Gasteiger partial charge is 0.497 e. The molecular weight excluding hydrogens is 284 g/mol. The minimum absolute atomic E-state index is 0.101. The predicted octanol–water partition coefficient (Wildman–Crippen LogP) is 5.10. The smallest absolute Gasteiger partial charge is 0.161 e. The molecule has 2 nitrogen and oxygen atoms in total. The van der Waals surface area contributed by atoms with Gasteiger partial charge < -0.3 is 4.74 Å². The molecule has 0 saturated heterocycles. The van der Waals surface area contributed by atoms with E-state index < -0.39 is 0 Å². The van der Waals surface area contributed by atoms with Crippen molar-refractivity contribution >= 4 is 5.78 Å². The van der Waals surface area contributed by atoms with Crippen LogP contribution in [0.5, 0.6) is 5.75 Å². The Hall–Kier alpha value is -1.57. The number of ketones is 1. The molecule has 3 rings (SSSR count). The summed E-state index contributed by atoms with van der Waals surface area (Å²) in [5, 5.41) is 0. The number of ether oxygens (including phenoxy) is 1. The average molecular weight is 314 g/mol. The summed E-state index contributed by atoms with van der Waals surface area (Å²) in [5.41, 5.74) is 2.40. The summed E-state index contributed by atoms with van der Waals surface area (Å²) in [6.07, 6.45) is 7.08. The van der Waals surface area contributed by atoms with Gasteiger partial charge in [-0.2, -0.15) is 0 Å². The van der Waals surface area contributed by atoms with Crippen LogP contribution < -0.4 is 4.74 Å². The lowest BCUT2D eigenvalue weighted by Crippen LogP contribution is -2.20. The van der Waals surface area contributed by atoms with Gasteiger partial charge in [-0.3, -0.25) is 4.79 Å². The lowest BCUT2D eigenvalue weighted by atomic mass is 9.78. The number of hydrogen-bond acceptors (Lipinski definition) is 2. The molecular formula is C21H30O2. The first-order valence-corrected chi connectivity index (χ1v) is 8.78. The Morgan fingerprint density at radius 1 is 1.17 bits per heavy atom. The van der Waals surface area contributed by atoms with Crippen molar-refractivity contribution in [1.82, 2.24) is 0 Å². The Kier molecular flexibility index (Phi) is 5.03. The van der Waals surface area contributed by atoms with Gasteiger partial charge in [-0.25, -0.2) is 0 Å². The second-order valence-electron chi connectivity index (χ2n) is 7.30. The molecule has 2 atom stereocenters. The number of rotatable bonds is 1. The van der Waals surface area contributed by atoms with Crippen LogP contribution >= 0.6 is 0 Å². The molecule has 0 aromatic heterocycles. The van der Waals surface area contributed by atoms with E-state index in [-0.39, 0.29) is 10.8 Å². The standard InChI is InChI=1S/C19H24O2.C2H6/c1-18(2)10-9-17(20)19(3)12-14(19)7-5-13-6-8-15(21-4)11-16(13)18;1-2/h6,8-11,14H,5,7,12H2,1-4H3;1-2H3/b10-9-;/t14-,19?;/m0./s1. The summed E-state index contributed by atoms with van der Waals surface area (Å²) < 4.78 is 5.38. The van der Waals surface area contributed by atoms with Gasteiger partial charge in [-0.05, 0) is 54.5 Å². The fourth-order valence-corrected chi connectivity index (χ4v) is 3.57. The van der Waals surface area contributed by atoms with Gasteiger partial charge in [0, 0.05) is 10.8 Å². The van der Waals surface area contributed by atoms with Crippen molar-refractivity contribution in [2.24, 2.45) is 11.3 Å². The Bertz CT molecular complexity index is 612. The lowest BCUT2D eigenvalue weighted by Gasteiger charge is -2.26. The molecule has 2 heteroatoms. The molecule has 23 heavy (non-hydrogen) atoms. The van der Waals surface area contributed by atoms with Crippen LogP contribution in [0.3, 0.4) is 0 Å². The zero-order chi connectivity index (χ0) is 17.3. The van der Waals surface area contributed by atoms with E-state index in [1.54, 1.807) is 7.11 Å². The van der Waals surface area contributed by atoms with Crippen LogP contribution in [0, 0.1) is 11.3 Å². The number of fused-ring (bicyclic) bond motifs is 2. The molecule has 126 valence electrons. The van der Waals surface area contributed by atoms with E-state index in [1.807, 2.05) is 26.0 Å². The Balaban J connectivity index is 0.000000924. The number of carbonyl (C=O) groups excluding carboxylic acids is 1. The van der Waals surface area contributed by atoms with Crippen molar-refractivity contribution < 1.29 is 9.53 Å². The van der Waals surface area contributed by atoms with Crippen molar-refractivity contribution in [3.8, 4) is 5.75 Å². The normalized spacial score (nSPS) is 29.3. The van der Waals surface area contributed by atoms with Crippen molar-refractivity contribution in [2.75, 3.05) is 7.11 Å². The van der Waals surface area contributed by atoms with Crippen LogP contribution in [-0.2, 0) is 16.6 Å². The molecule has 0 amide bonds. The van der Waals surface area contributed by atoms with Gasteiger partial charge >= 0.3 is 0 Å². The number of benzene rings is 1. The van der Waals surface area contributed by atoms with Crippen LogP contribution in [0.4, 0.5) is 0 Å². The maximum Gasteiger partial charge on any atom is 0.161 e. The fourth-order valence-electron chi connectivity index (χ4n) is 3.57. The summed E-state index contributed by atoms with van der Waals surface area (Å²) in [7, 11) is 1.70. The Labute approximate surface area is 140 Å². The first-order chi connectivity index (χ1) is 10.9. The lowest BCUT2D eigenvalue weighted by molar-refractivity contribution is -0.119. The van der Waals surface area contributed by atoms with E-state index in [9.17, 15) is 4.79 Å². The minimum Gasteiger partial charge on any atom is -0.497 e. The topological polar surface area (TPSA) is 26.3 Å². The summed E-state index contributed by atoms with van der Waals surface area (Å²) in [4.78, 5) is 12.4. The zero-order valence-corrected chi connectivity index (χ0v) is 15.4. The van der Waals surface area contributed by atoms with Crippen molar-refractivity contribution in [3.63, 3.8) is 0 Å². The average Bonchev–Trinajstić information content (AvgIpc) is 3.23. The van der Waals surface area contributed by atoms with Gasteiger partial charge in [-0.1, -0.05) is 46.8 Å². The maximum atomic E-state index is 12.4. The first kappa shape index (κ1) is 17.8. The van der Waals surface area contributed by atoms with E-state index in [0.29, 0.717) is 11.7 Å². The molecule has 0 bridgehead atoms. The SMILES string of the molecule is CC.COc1ccc2c(c1)C(C)(C)/C=C\C(=O)C1(C)C[C@@H]1CC2. The van der Waals surface area contributed by atoms with Crippen molar-refractivity contribution in [3.05, 3.63) is 41.5 Å². The summed E-state index contributed by atoms with van der Waals surface area (Å²) in [6.45, 7) is 10.5. The highest BCUT2D eigenvalue weighted by Gasteiger charge is 2.54. The molecule has 0 spiro atoms. The van der Waals surface area contributed by atoms with E-state index in [4.69, 9.17) is 4.74 Å². The zero-order valence-electron chi connectivity index (χ0n) is 15.4. The molecule has 1 saturated carbocycles. The summed E-state index contributed by atoms with van der Waals surface area (Å²) >= 11 is 0. The van der Waals surface area contributed by atoms with E-state index >= 15 is 0 Å². The maximum absolute atomic E-state index is 12.4. The Morgan fingerprint density at radius 3 is 2.52 bits per heavy atom. The van der Waals surface area contributed by atoms with Crippen LogP contribution in [0.2, 0.25) is 0 Å². The summed E-state index contributed by atoms with van der Waals surface area (Å²) in [5.74, 6) is 1.73. The molecule has 0 aliphatic heterocycles. The second kappa shape index (κ2) is 6.51. The number of allylic oxidation sites excluding steroid dienone is 2. The third-order valence-electron chi connectivity index (χ3n) is 5.40. The molecule has 0 radical (unpaired) electrons. The number of carbonyl (C=O) groups is 1. The van der Waals surface area contributed by atoms with E-state index in [0.717, 1.165) is 25.0 Å². The highest BCUT2D eigenvalue weighted by Crippen LogP contribution is 2.56. The van der Waals surface area contributed by atoms with E-state index in [1.165, 1.54) is 11.1 Å². The minimum atomic E-state index is -0.155. The quantitative estimate of drug-likeness (QED) is 0.721. The Morgan fingerprint density at radius 2 is 1.87 bits per heavy atom. The highest BCUT2D eigenvalue weighted by atomic mass is 16.5. The van der Waals surface area contributed by atoms with Crippen LogP contribution in [0.15, 0.2) is 30.4 Å². The van der Waals surface area contributed by atoms with Crippen LogP contribution in [0.1, 0.15) is 58.6 Å². The van der Waals surface area contributed by atoms with Crippen molar-refractivity contribution in [1.29, 1.82) is 0 Å². The molecule has 2 aliphatic rings. The number of hydrogen-bond donors (Lipinski definition) is 0. The molecule has 0 heterocycles. The molecule has 0 N–H and O–H groups in total. The second-order valence-corrected chi connectivity index (χ2v) is 7.30. The van der Waals surface area contributed by atoms with Gasteiger partial charge in [0.05, 0.1) is 7.11 Å². The fraction of sp³-hybridized carbons (Fsp3) is 0.571. The van der Waals surface area contributed by atoms with Crippen LogP contribution in [-0.4, -0.2) is 12.9 Å². The summed E-state index contributed by atoms with van der Waals surface area (Å²) in [6, 6.07) is 6.35. The predicted molar refractivity (Wildman–Crippen MR) is 96.1 cm³/mol. The third kappa shape index (κ3) is 3.36.